The number of nitrogens with zero attached hydrogens (tertiary/aromatic N) is 1. The summed E-state index contributed by atoms with van der Waals surface area (Å²) in [4.78, 5) is 13.6. The molecule has 0 fully saturated rings. The van der Waals surface area contributed by atoms with Gasteiger partial charge in [0.1, 0.15) is 16.8 Å². The number of fused-ring (bicyclic) bond motifs is 1. The Morgan fingerprint density at radius 2 is 2.11 bits per heavy atom. The first-order valence-electron chi connectivity index (χ1n) is 9.57. The number of thiophene rings is 1. The van der Waals surface area contributed by atoms with Gasteiger partial charge in [-0.05, 0) is 60.4 Å². The quantitative estimate of drug-likeness (QED) is 0.644. The molecule has 28 heavy (non-hydrogen) atoms. The van der Waals surface area contributed by atoms with Crippen molar-refractivity contribution in [3.05, 3.63) is 45.3 Å². The van der Waals surface area contributed by atoms with Crippen LogP contribution in [0.5, 0.6) is 5.75 Å². The normalized spacial score (nSPS) is 16.2. The molecular weight excluding hydrogens is 392 g/mol. The van der Waals surface area contributed by atoms with E-state index in [0.717, 1.165) is 31.2 Å². The highest BCUT2D eigenvalue weighted by molar-refractivity contribution is 7.16. The number of hydrogen-bond acceptors (Lipinski definition) is 4. The molecule has 3 rings (SSSR count). The van der Waals surface area contributed by atoms with E-state index in [2.05, 4.69) is 32.2 Å². The average Bonchev–Trinajstić information content (AvgIpc) is 3.03. The van der Waals surface area contributed by atoms with Crippen molar-refractivity contribution < 1.29 is 9.53 Å². The molecule has 0 radical (unpaired) electrons. The fraction of sp³-hybridized carbons (Fsp3) is 0.455. The van der Waals surface area contributed by atoms with Crippen LogP contribution in [0.25, 0.3) is 0 Å². The lowest BCUT2D eigenvalue weighted by Crippen LogP contribution is -2.28. The Morgan fingerprint density at radius 3 is 2.75 bits per heavy atom. The zero-order chi connectivity index (χ0) is 20.3. The van der Waals surface area contributed by atoms with Crippen molar-refractivity contribution >= 4 is 33.8 Å². The van der Waals surface area contributed by atoms with Crippen LogP contribution in [0.3, 0.4) is 0 Å². The molecule has 1 unspecified atom stereocenters. The average molecular weight is 417 g/mol. The zero-order valence-corrected chi connectivity index (χ0v) is 18.0. The number of rotatable bonds is 6. The van der Waals surface area contributed by atoms with E-state index < -0.39 is 0 Å². The molecule has 1 N–H and O–H groups in total. The van der Waals surface area contributed by atoms with Crippen LogP contribution < -0.4 is 10.1 Å². The number of carbonyl (C=O) groups excluding carboxylic acids is 1. The van der Waals surface area contributed by atoms with Gasteiger partial charge in [0.25, 0.3) is 5.91 Å². The monoisotopic (exact) mass is 416 g/mol. The minimum absolute atomic E-state index is 0.111. The van der Waals surface area contributed by atoms with E-state index in [0.29, 0.717) is 27.3 Å². The number of amides is 1. The number of ether oxygens (including phenoxy) is 1. The number of carbonyl (C=O) groups is 1. The predicted molar refractivity (Wildman–Crippen MR) is 114 cm³/mol. The third-order valence-electron chi connectivity index (χ3n) is 5.83. The Balaban J connectivity index is 1.69. The maximum atomic E-state index is 12.3. The van der Waals surface area contributed by atoms with E-state index in [1.54, 1.807) is 35.6 Å². The molecule has 0 spiro atoms. The molecule has 1 amide bonds. The number of hydrogen-bond donors (Lipinski definition) is 1. The van der Waals surface area contributed by atoms with E-state index in [1.165, 1.54) is 4.88 Å². The summed E-state index contributed by atoms with van der Waals surface area (Å²) in [5, 5.41) is 13.8. The largest absolute Gasteiger partial charge is 0.484 e. The maximum absolute atomic E-state index is 12.3. The van der Waals surface area contributed by atoms with Crippen LogP contribution in [0.15, 0.2) is 24.3 Å². The first kappa shape index (κ1) is 20.7. The van der Waals surface area contributed by atoms with E-state index >= 15 is 0 Å². The second-order valence-electron chi connectivity index (χ2n) is 7.89. The van der Waals surface area contributed by atoms with E-state index in [9.17, 15) is 10.1 Å². The van der Waals surface area contributed by atoms with Gasteiger partial charge in [0, 0.05) is 9.90 Å². The fourth-order valence-electron chi connectivity index (χ4n) is 3.59. The van der Waals surface area contributed by atoms with Gasteiger partial charge in [0.2, 0.25) is 0 Å². The standard InChI is InChI=1S/C22H25ClN2O2S/c1-4-22(2,3)14-5-10-17-18(12-24)21(28-19(17)11-14)25-20(26)13-27-16-8-6-15(23)7-9-16/h6-9,14H,4-5,10-11,13H2,1-3H3,(H,25,26). The second-order valence-corrected chi connectivity index (χ2v) is 9.43. The molecule has 1 aromatic carbocycles. The van der Waals surface area contributed by atoms with Crippen molar-refractivity contribution in [2.45, 2.75) is 46.5 Å². The van der Waals surface area contributed by atoms with Gasteiger partial charge < -0.3 is 10.1 Å². The third-order valence-corrected chi connectivity index (χ3v) is 7.25. The topological polar surface area (TPSA) is 62.1 Å². The molecular formula is C22H25ClN2O2S. The Morgan fingerprint density at radius 1 is 1.39 bits per heavy atom. The van der Waals surface area contributed by atoms with Gasteiger partial charge in [-0.1, -0.05) is 38.8 Å². The van der Waals surface area contributed by atoms with Gasteiger partial charge in [0.05, 0.1) is 5.56 Å². The lowest BCUT2D eigenvalue weighted by molar-refractivity contribution is -0.118. The summed E-state index contributed by atoms with van der Waals surface area (Å²) in [7, 11) is 0. The van der Waals surface area contributed by atoms with Gasteiger partial charge in [-0.15, -0.1) is 11.3 Å². The van der Waals surface area contributed by atoms with Crippen molar-refractivity contribution in [2.75, 3.05) is 11.9 Å². The summed E-state index contributed by atoms with van der Waals surface area (Å²) in [6, 6.07) is 9.16. The van der Waals surface area contributed by atoms with Gasteiger partial charge >= 0.3 is 0 Å². The number of nitrogens with one attached hydrogen (secondary N) is 1. The van der Waals surface area contributed by atoms with Crippen molar-refractivity contribution in [1.29, 1.82) is 5.26 Å². The van der Waals surface area contributed by atoms with E-state index in [1.807, 2.05) is 0 Å². The Hall–Kier alpha value is -2.03. The number of nitriles is 1. The molecule has 6 heteroatoms. The highest BCUT2D eigenvalue weighted by Gasteiger charge is 2.34. The molecule has 0 saturated heterocycles. The Labute approximate surface area is 175 Å². The maximum Gasteiger partial charge on any atom is 0.262 e. The lowest BCUT2D eigenvalue weighted by atomic mass is 9.69. The van der Waals surface area contributed by atoms with Crippen LogP contribution >= 0.6 is 22.9 Å². The molecule has 0 saturated carbocycles. The van der Waals surface area contributed by atoms with E-state index in [4.69, 9.17) is 16.3 Å². The van der Waals surface area contributed by atoms with Crippen LogP contribution in [0.1, 0.15) is 49.6 Å². The smallest absolute Gasteiger partial charge is 0.262 e. The number of benzene rings is 1. The van der Waals surface area contributed by atoms with Gasteiger partial charge in [-0.25, -0.2) is 0 Å². The Kier molecular flexibility index (Phi) is 6.32. The van der Waals surface area contributed by atoms with Crippen LogP contribution in [-0.4, -0.2) is 12.5 Å². The van der Waals surface area contributed by atoms with Crippen molar-refractivity contribution in [3.8, 4) is 11.8 Å². The molecule has 1 atom stereocenters. The lowest BCUT2D eigenvalue weighted by Gasteiger charge is -2.36. The summed E-state index contributed by atoms with van der Waals surface area (Å²) in [5.41, 5.74) is 2.02. The summed E-state index contributed by atoms with van der Waals surface area (Å²) < 4.78 is 5.50. The summed E-state index contributed by atoms with van der Waals surface area (Å²) >= 11 is 7.39. The van der Waals surface area contributed by atoms with E-state index in [-0.39, 0.29) is 17.9 Å². The SMILES string of the molecule is CCC(C)(C)C1CCc2c(sc(NC(=O)COc3ccc(Cl)cc3)c2C#N)C1. The minimum Gasteiger partial charge on any atom is -0.484 e. The molecule has 4 nitrogen and oxygen atoms in total. The molecule has 0 bridgehead atoms. The molecule has 2 aromatic rings. The van der Waals surface area contributed by atoms with Crippen molar-refractivity contribution in [3.63, 3.8) is 0 Å². The highest BCUT2D eigenvalue weighted by Crippen LogP contribution is 2.45. The van der Waals surface area contributed by atoms with Crippen molar-refractivity contribution in [1.82, 2.24) is 0 Å². The molecule has 148 valence electrons. The minimum atomic E-state index is -0.268. The van der Waals surface area contributed by atoms with Gasteiger partial charge in [0.15, 0.2) is 6.61 Å². The summed E-state index contributed by atoms with van der Waals surface area (Å²) in [6.07, 6.45) is 4.11. The second kappa shape index (κ2) is 8.55. The van der Waals surface area contributed by atoms with Crippen LogP contribution in [0.2, 0.25) is 5.02 Å². The fourth-order valence-corrected chi connectivity index (χ4v) is 5.01. The van der Waals surface area contributed by atoms with Crippen molar-refractivity contribution in [2.24, 2.45) is 11.3 Å². The number of halogens is 1. The summed E-state index contributed by atoms with van der Waals surface area (Å²) in [6.45, 7) is 6.76. The molecule has 1 aromatic heterocycles. The molecule has 1 heterocycles. The number of anilines is 1. The predicted octanol–water partition coefficient (Wildman–Crippen LogP) is 5.83. The van der Waals surface area contributed by atoms with Crippen LogP contribution in [-0.2, 0) is 17.6 Å². The third kappa shape index (κ3) is 4.51. The molecule has 1 aliphatic rings. The summed E-state index contributed by atoms with van der Waals surface area (Å²) in [5.74, 6) is 0.914. The van der Waals surface area contributed by atoms with Gasteiger partial charge in [-0.3, -0.25) is 4.79 Å². The highest BCUT2D eigenvalue weighted by atomic mass is 35.5. The first-order valence-corrected chi connectivity index (χ1v) is 10.8. The zero-order valence-electron chi connectivity index (χ0n) is 16.5. The van der Waals surface area contributed by atoms with Crippen LogP contribution in [0, 0.1) is 22.7 Å². The van der Waals surface area contributed by atoms with Gasteiger partial charge in [-0.2, -0.15) is 5.26 Å². The molecule has 0 aliphatic heterocycles. The Bertz CT molecular complexity index is 896. The molecule has 1 aliphatic carbocycles. The van der Waals surface area contributed by atoms with Crippen LogP contribution in [0.4, 0.5) is 5.00 Å². The first-order chi connectivity index (χ1) is 13.3.